The molecule has 0 fully saturated rings. The van der Waals surface area contributed by atoms with E-state index >= 15 is 0 Å². The van der Waals surface area contributed by atoms with E-state index in [0.717, 1.165) is 15.4 Å². The molecule has 2 aromatic carbocycles. The minimum absolute atomic E-state index is 0.0537. The summed E-state index contributed by atoms with van der Waals surface area (Å²) in [5.41, 5.74) is 2.88. The van der Waals surface area contributed by atoms with Gasteiger partial charge in [0.15, 0.2) is 0 Å². The average molecular weight is 367 g/mol. The molecule has 1 unspecified atom stereocenters. The normalized spacial score (nSPS) is 11.7. The maximum atomic E-state index is 11.7. The van der Waals surface area contributed by atoms with Crippen molar-refractivity contribution in [3.05, 3.63) is 84.2 Å². The average Bonchev–Trinajstić information content (AvgIpc) is 2.67. The molecule has 3 rings (SSSR count). The molecular weight excluding hydrogens is 352 g/mol. The number of hydrogen-bond donors (Lipinski definition) is 1. The highest BCUT2D eigenvalue weighted by Gasteiger charge is 2.11. The molecule has 1 heterocycles. The molecule has 0 radical (unpaired) electrons. The fourth-order valence-corrected chi connectivity index (χ4v) is 3.06. The van der Waals surface area contributed by atoms with Gasteiger partial charge in [-0.1, -0.05) is 42.5 Å². The van der Waals surface area contributed by atoms with Gasteiger partial charge in [-0.2, -0.15) is 0 Å². The molecule has 26 heavy (non-hydrogen) atoms. The summed E-state index contributed by atoms with van der Waals surface area (Å²) >= 11 is -2.53. The smallest absolute Gasteiger partial charge is 0.335 e. The van der Waals surface area contributed by atoms with Gasteiger partial charge in [-0.3, -0.25) is 13.5 Å². The maximum absolute atomic E-state index is 11.7. The number of anilines is 1. The fraction of sp³-hybridized carbons (Fsp3) is 0.0526. The van der Waals surface area contributed by atoms with Gasteiger partial charge in [-0.15, -0.1) is 0 Å². The number of carbonyl (C=O) groups is 1. The van der Waals surface area contributed by atoms with E-state index in [9.17, 15) is 13.6 Å². The van der Waals surface area contributed by atoms with Crippen molar-refractivity contribution in [1.29, 1.82) is 0 Å². The summed E-state index contributed by atoms with van der Waals surface area (Å²) in [4.78, 5) is 15.1. The molecule has 132 valence electrons. The lowest BCUT2D eigenvalue weighted by Gasteiger charge is -2.26. The van der Waals surface area contributed by atoms with Crippen LogP contribution in [-0.4, -0.2) is 24.8 Å². The number of pyridine rings is 1. The van der Waals surface area contributed by atoms with Gasteiger partial charge in [0, 0.05) is 23.2 Å². The van der Waals surface area contributed by atoms with Crippen LogP contribution in [0.4, 0.5) is 5.69 Å². The van der Waals surface area contributed by atoms with E-state index in [-0.39, 0.29) is 12.1 Å². The zero-order valence-electron chi connectivity index (χ0n) is 13.6. The Kier molecular flexibility index (Phi) is 5.40. The topological polar surface area (TPSA) is 93.6 Å². The first-order valence-corrected chi connectivity index (χ1v) is 8.78. The van der Waals surface area contributed by atoms with Crippen LogP contribution < -0.4 is 4.31 Å². The summed E-state index contributed by atoms with van der Waals surface area (Å²) in [6.07, 6.45) is 1.35. The molecule has 3 aromatic rings. The van der Waals surface area contributed by atoms with E-state index in [4.69, 9.17) is 5.11 Å². The number of nitrogens with zero attached hydrogens (tertiary/aromatic N) is 2. The van der Waals surface area contributed by atoms with Crippen LogP contribution in [0.2, 0.25) is 0 Å². The summed E-state index contributed by atoms with van der Waals surface area (Å²) < 4.78 is 24.4. The van der Waals surface area contributed by atoms with E-state index in [1.807, 2.05) is 42.5 Å². The van der Waals surface area contributed by atoms with E-state index < -0.39 is 17.2 Å². The van der Waals surface area contributed by atoms with Crippen molar-refractivity contribution in [1.82, 2.24) is 4.98 Å². The summed E-state index contributed by atoms with van der Waals surface area (Å²) in [6.45, 7) is -0.0537. The molecule has 6 nitrogen and oxygen atoms in total. The first kappa shape index (κ1) is 17.8. The number of aromatic carboxylic acids is 1. The second kappa shape index (κ2) is 7.90. The molecule has 0 saturated carbocycles. The molecule has 0 saturated heterocycles. The van der Waals surface area contributed by atoms with Crippen LogP contribution in [0.3, 0.4) is 0 Å². The van der Waals surface area contributed by atoms with Gasteiger partial charge in [-0.05, 0) is 35.4 Å². The molecule has 0 aliphatic rings. The highest BCUT2D eigenvalue weighted by molar-refractivity contribution is 7.80. The Labute approximate surface area is 153 Å². The Hall–Kier alpha value is -3.03. The second-order valence-electron chi connectivity index (χ2n) is 5.51. The van der Waals surface area contributed by atoms with Crippen LogP contribution in [0.5, 0.6) is 0 Å². The predicted molar refractivity (Wildman–Crippen MR) is 98.2 cm³/mol. The summed E-state index contributed by atoms with van der Waals surface area (Å²) in [5, 5.41) is 9.05. The number of carboxylic acid groups (broad SMARTS) is 1. The quantitative estimate of drug-likeness (QED) is 0.675. The molecule has 0 aliphatic carbocycles. The Bertz CT molecular complexity index is 930. The van der Waals surface area contributed by atoms with Crippen LogP contribution in [0, 0.1) is 0 Å². The molecule has 0 bridgehead atoms. The van der Waals surface area contributed by atoms with Crippen LogP contribution in [0.25, 0.3) is 11.1 Å². The number of aromatic nitrogens is 1. The lowest BCUT2D eigenvalue weighted by Crippen LogP contribution is -2.25. The molecule has 0 aliphatic heterocycles. The van der Waals surface area contributed by atoms with E-state index in [1.165, 1.54) is 18.3 Å². The van der Waals surface area contributed by atoms with Crippen molar-refractivity contribution >= 4 is 22.9 Å². The van der Waals surface area contributed by atoms with Gasteiger partial charge < -0.3 is 9.66 Å². The third-order valence-corrected chi connectivity index (χ3v) is 4.51. The second-order valence-corrected chi connectivity index (χ2v) is 6.38. The standard InChI is InChI=1S/C19H16N2O4S/c22-19(23)16-10-11-20-17(12-16)13-21(26(24)25)18-8-6-15(7-9-18)14-4-2-1-3-5-14/h1-12H,13H2,(H,22,23)(H,24,25)/p-1. The lowest BCUT2D eigenvalue weighted by molar-refractivity contribution is 0.0696. The van der Waals surface area contributed by atoms with E-state index in [1.54, 1.807) is 12.1 Å². The van der Waals surface area contributed by atoms with Crippen LogP contribution in [0.15, 0.2) is 72.9 Å². The molecule has 1 aromatic heterocycles. The van der Waals surface area contributed by atoms with Crippen molar-refractivity contribution in [2.45, 2.75) is 6.54 Å². The van der Waals surface area contributed by atoms with Crippen molar-refractivity contribution in [3.63, 3.8) is 0 Å². The Morgan fingerprint density at radius 3 is 2.31 bits per heavy atom. The number of hydrogen-bond acceptors (Lipinski definition) is 4. The molecule has 1 atom stereocenters. The van der Waals surface area contributed by atoms with Crippen LogP contribution in [0.1, 0.15) is 16.1 Å². The van der Waals surface area contributed by atoms with Gasteiger partial charge in [0.2, 0.25) is 0 Å². The largest absolute Gasteiger partial charge is 0.755 e. The molecular formula is C19H15N2O4S-. The number of rotatable bonds is 6. The fourth-order valence-electron chi connectivity index (χ4n) is 2.53. The van der Waals surface area contributed by atoms with Gasteiger partial charge in [0.25, 0.3) is 0 Å². The summed E-state index contributed by atoms with van der Waals surface area (Å²) in [5.74, 6) is -1.09. The Morgan fingerprint density at radius 1 is 1.04 bits per heavy atom. The minimum atomic E-state index is -2.53. The number of carboxylic acids is 1. The first-order chi connectivity index (χ1) is 12.5. The Morgan fingerprint density at radius 2 is 1.69 bits per heavy atom. The van der Waals surface area contributed by atoms with E-state index in [0.29, 0.717) is 11.4 Å². The zero-order valence-corrected chi connectivity index (χ0v) is 14.4. The van der Waals surface area contributed by atoms with Gasteiger partial charge in [0.05, 0.1) is 17.8 Å². The highest BCUT2D eigenvalue weighted by atomic mass is 32.2. The number of benzene rings is 2. The predicted octanol–water partition coefficient (Wildman–Crippen LogP) is 3.25. The van der Waals surface area contributed by atoms with E-state index in [2.05, 4.69) is 4.98 Å². The zero-order chi connectivity index (χ0) is 18.5. The molecule has 0 spiro atoms. The lowest BCUT2D eigenvalue weighted by atomic mass is 10.1. The van der Waals surface area contributed by atoms with Crippen molar-refractivity contribution in [2.24, 2.45) is 0 Å². The van der Waals surface area contributed by atoms with Gasteiger partial charge in [-0.25, -0.2) is 4.79 Å². The Balaban J connectivity index is 1.85. The minimum Gasteiger partial charge on any atom is -0.755 e. The maximum Gasteiger partial charge on any atom is 0.335 e. The van der Waals surface area contributed by atoms with Gasteiger partial charge in [0.1, 0.15) is 0 Å². The highest BCUT2D eigenvalue weighted by Crippen LogP contribution is 2.24. The summed E-state index contributed by atoms with van der Waals surface area (Å²) in [6, 6.07) is 19.6. The van der Waals surface area contributed by atoms with Crippen molar-refractivity contribution < 1.29 is 18.7 Å². The summed E-state index contributed by atoms with van der Waals surface area (Å²) in [7, 11) is 0. The molecule has 1 N–H and O–H groups in total. The molecule has 7 heteroatoms. The van der Waals surface area contributed by atoms with Crippen LogP contribution >= 0.6 is 0 Å². The SMILES string of the molecule is O=C(O)c1ccnc(CN(c2ccc(-c3ccccc3)cc2)S(=O)[O-])c1. The third-order valence-electron chi connectivity index (χ3n) is 3.81. The van der Waals surface area contributed by atoms with Crippen molar-refractivity contribution in [3.8, 4) is 11.1 Å². The monoisotopic (exact) mass is 367 g/mol. The van der Waals surface area contributed by atoms with Gasteiger partial charge >= 0.3 is 5.97 Å². The van der Waals surface area contributed by atoms with Crippen LogP contribution in [-0.2, 0) is 17.8 Å². The molecule has 0 amide bonds. The van der Waals surface area contributed by atoms with Crippen molar-refractivity contribution in [2.75, 3.05) is 4.31 Å². The third kappa shape index (κ3) is 4.14. The first-order valence-electron chi connectivity index (χ1n) is 7.75.